The lowest BCUT2D eigenvalue weighted by Crippen LogP contribution is -2.41. The fraction of sp³-hybridized carbons (Fsp3) is 0.444. The second-order valence-electron chi connectivity index (χ2n) is 9.74. The van der Waals surface area contributed by atoms with Crippen LogP contribution in [0.5, 0.6) is 5.75 Å². The number of imidazole rings is 1. The van der Waals surface area contributed by atoms with Gasteiger partial charge in [-0.05, 0) is 80.1 Å². The summed E-state index contributed by atoms with van der Waals surface area (Å²) in [5.41, 5.74) is 3.87. The third-order valence-electron chi connectivity index (χ3n) is 7.32. The maximum Gasteiger partial charge on any atom is 0.259 e. The summed E-state index contributed by atoms with van der Waals surface area (Å²) in [6, 6.07) is 14.9. The van der Waals surface area contributed by atoms with Crippen LogP contribution in [0.15, 0.2) is 60.0 Å². The number of ether oxygens (including phenoxy) is 1. The highest BCUT2D eigenvalue weighted by molar-refractivity contribution is 7.89. The highest BCUT2D eigenvalue weighted by Gasteiger charge is 2.35. The summed E-state index contributed by atoms with van der Waals surface area (Å²) in [6.45, 7) is 2.71. The van der Waals surface area contributed by atoms with Gasteiger partial charge in [0.1, 0.15) is 12.4 Å². The molecule has 1 fully saturated rings. The van der Waals surface area contributed by atoms with Crippen LogP contribution >= 0.6 is 24.0 Å². The van der Waals surface area contributed by atoms with Gasteiger partial charge in [-0.3, -0.25) is 4.90 Å². The first-order valence-corrected chi connectivity index (χ1v) is 14.5. The number of sulfonamides is 1. The van der Waals surface area contributed by atoms with Crippen molar-refractivity contribution in [3.63, 3.8) is 0 Å². The molecule has 1 aromatic heterocycles. The van der Waals surface area contributed by atoms with E-state index in [4.69, 9.17) is 16.3 Å². The molecule has 10 heteroatoms. The van der Waals surface area contributed by atoms with Crippen molar-refractivity contribution in [2.45, 2.75) is 49.1 Å². The summed E-state index contributed by atoms with van der Waals surface area (Å²) >= 11 is 6.58. The van der Waals surface area contributed by atoms with Gasteiger partial charge in [0.15, 0.2) is 5.03 Å². The van der Waals surface area contributed by atoms with Crippen LogP contribution in [-0.2, 0) is 29.9 Å². The molecule has 1 N–H and O–H groups in total. The lowest BCUT2D eigenvalue weighted by atomic mass is 9.75. The van der Waals surface area contributed by atoms with Crippen molar-refractivity contribution in [3.05, 3.63) is 76.7 Å². The van der Waals surface area contributed by atoms with Crippen LogP contribution in [0.25, 0.3) is 0 Å². The fourth-order valence-electron chi connectivity index (χ4n) is 5.55. The Hall–Kier alpha value is -2.10. The predicted octanol–water partition coefficient (Wildman–Crippen LogP) is 4.59. The van der Waals surface area contributed by atoms with E-state index >= 15 is 0 Å². The maximum atomic E-state index is 12.4. The Balaban J connectivity index is 0.00000320. The molecule has 7 nitrogen and oxygen atoms in total. The standard InChI is InChI=1S/C27H33ClN4O3S.ClH/c1-31-18-27(29-19-31)36(33,34)30-12-15-35-22-10-8-20-9-11-26(32-13-4-5-14-32)24(23(20)17-22)16-21-6-2-3-7-25(21)28;/h2-3,6-8,10,17-19,24,26,30H,4-5,9,11-16H2,1H3;1H. The van der Waals surface area contributed by atoms with Gasteiger partial charge in [-0.2, -0.15) is 0 Å². The Morgan fingerprint density at radius 2 is 1.95 bits per heavy atom. The molecular formula is C27H34Cl2N4O3S. The lowest BCUT2D eigenvalue weighted by Gasteiger charge is -2.40. The molecule has 0 bridgehead atoms. The molecule has 0 spiro atoms. The second kappa shape index (κ2) is 12.2. The summed E-state index contributed by atoms with van der Waals surface area (Å²) < 4.78 is 35.0. The first-order valence-electron chi connectivity index (χ1n) is 12.6. The minimum Gasteiger partial charge on any atom is -0.492 e. The number of nitrogens with zero attached hydrogens (tertiary/aromatic N) is 3. The molecule has 5 rings (SSSR count). The average Bonchev–Trinajstić information content (AvgIpc) is 3.56. The van der Waals surface area contributed by atoms with Gasteiger partial charge in [-0.15, -0.1) is 12.4 Å². The van der Waals surface area contributed by atoms with Gasteiger partial charge in [0.2, 0.25) is 0 Å². The SMILES string of the molecule is Cl.Cn1cnc(S(=O)(=O)NCCOc2ccc3c(c2)C(Cc2ccccc2Cl)C(N2CCCC2)CC3)c1. The summed E-state index contributed by atoms with van der Waals surface area (Å²) in [5, 5.41) is 0.825. The van der Waals surface area contributed by atoms with E-state index in [-0.39, 0.29) is 30.6 Å². The van der Waals surface area contributed by atoms with E-state index in [9.17, 15) is 8.42 Å². The Bertz CT molecular complexity index is 1310. The van der Waals surface area contributed by atoms with Crippen molar-refractivity contribution in [1.29, 1.82) is 0 Å². The van der Waals surface area contributed by atoms with Crippen molar-refractivity contribution in [2.75, 3.05) is 26.2 Å². The van der Waals surface area contributed by atoms with Gasteiger partial charge in [0.05, 0.1) is 6.33 Å². The smallest absolute Gasteiger partial charge is 0.259 e. The number of hydrogen-bond acceptors (Lipinski definition) is 5. The molecule has 0 radical (unpaired) electrons. The number of nitrogens with one attached hydrogen (secondary N) is 1. The molecule has 3 aromatic rings. The predicted molar refractivity (Wildman–Crippen MR) is 148 cm³/mol. The largest absolute Gasteiger partial charge is 0.492 e. The second-order valence-corrected chi connectivity index (χ2v) is 11.9. The molecule has 0 amide bonds. The molecule has 1 saturated heterocycles. The Morgan fingerprint density at radius 1 is 1.16 bits per heavy atom. The van der Waals surface area contributed by atoms with Crippen molar-refractivity contribution in [2.24, 2.45) is 7.05 Å². The monoisotopic (exact) mass is 564 g/mol. The number of likely N-dealkylation sites (tertiary alicyclic amines) is 1. The van der Waals surface area contributed by atoms with E-state index in [0.717, 1.165) is 43.1 Å². The summed E-state index contributed by atoms with van der Waals surface area (Å²) in [4.78, 5) is 6.58. The molecule has 200 valence electrons. The van der Waals surface area contributed by atoms with E-state index in [2.05, 4.69) is 38.9 Å². The molecule has 1 aliphatic carbocycles. The number of aryl methyl sites for hydroxylation is 2. The van der Waals surface area contributed by atoms with Gasteiger partial charge in [-0.1, -0.05) is 35.9 Å². The first kappa shape index (κ1) is 27.9. The zero-order chi connectivity index (χ0) is 25.1. The van der Waals surface area contributed by atoms with Gasteiger partial charge >= 0.3 is 0 Å². The van der Waals surface area contributed by atoms with Crippen molar-refractivity contribution < 1.29 is 13.2 Å². The summed E-state index contributed by atoms with van der Waals surface area (Å²) in [6.07, 6.45) is 8.56. The zero-order valence-electron chi connectivity index (χ0n) is 21.0. The Morgan fingerprint density at radius 3 is 2.68 bits per heavy atom. The molecule has 0 saturated carbocycles. The number of rotatable bonds is 9. The molecule has 2 atom stereocenters. The van der Waals surface area contributed by atoms with Crippen LogP contribution in [0.1, 0.15) is 41.9 Å². The first-order chi connectivity index (χ1) is 17.4. The minimum atomic E-state index is -3.65. The normalized spacial score (nSPS) is 19.8. The van der Waals surface area contributed by atoms with Crippen LogP contribution in [-0.4, -0.2) is 55.2 Å². The molecule has 2 aromatic carbocycles. The van der Waals surface area contributed by atoms with Crippen LogP contribution in [0.4, 0.5) is 0 Å². The van der Waals surface area contributed by atoms with Crippen molar-refractivity contribution >= 4 is 34.0 Å². The van der Waals surface area contributed by atoms with E-state index in [1.165, 1.54) is 42.1 Å². The maximum absolute atomic E-state index is 12.4. The number of benzene rings is 2. The van der Waals surface area contributed by atoms with Crippen molar-refractivity contribution in [1.82, 2.24) is 19.2 Å². The third-order valence-corrected chi connectivity index (χ3v) is 9.03. The highest BCUT2D eigenvalue weighted by Crippen LogP contribution is 2.40. The molecule has 1 aliphatic heterocycles. The quantitative estimate of drug-likeness (QED) is 0.384. The van der Waals surface area contributed by atoms with E-state index < -0.39 is 10.0 Å². The van der Waals surface area contributed by atoms with Crippen LogP contribution < -0.4 is 9.46 Å². The van der Waals surface area contributed by atoms with E-state index in [1.54, 1.807) is 11.6 Å². The van der Waals surface area contributed by atoms with E-state index in [1.807, 2.05) is 18.2 Å². The van der Waals surface area contributed by atoms with E-state index in [0.29, 0.717) is 12.0 Å². The third kappa shape index (κ3) is 6.49. The van der Waals surface area contributed by atoms with Gasteiger partial charge < -0.3 is 9.30 Å². The molecule has 2 heterocycles. The molecule has 37 heavy (non-hydrogen) atoms. The number of fused-ring (bicyclic) bond motifs is 1. The lowest BCUT2D eigenvalue weighted by molar-refractivity contribution is 0.188. The van der Waals surface area contributed by atoms with Crippen LogP contribution in [0.3, 0.4) is 0 Å². The highest BCUT2D eigenvalue weighted by atomic mass is 35.5. The fourth-order valence-corrected chi connectivity index (χ4v) is 6.75. The van der Waals surface area contributed by atoms with Crippen LogP contribution in [0, 0.1) is 0 Å². The molecule has 2 aliphatic rings. The Kier molecular flexibility index (Phi) is 9.19. The topological polar surface area (TPSA) is 76.5 Å². The number of aromatic nitrogens is 2. The summed E-state index contributed by atoms with van der Waals surface area (Å²) in [7, 11) is -1.92. The van der Waals surface area contributed by atoms with Gasteiger partial charge in [0.25, 0.3) is 10.0 Å². The summed E-state index contributed by atoms with van der Waals surface area (Å²) in [5.74, 6) is 1.09. The van der Waals surface area contributed by atoms with Crippen molar-refractivity contribution in [3.8, 4) is 5.75 Å². The number of hydrogen-bond donors (Lipinski definition) is 1. The molecule has 2 unspecified atom stereocenters. The van der Waals surface area contributed by atoms with Gasteiger partial charge in [-0.25, -0.2) is 18.1 Å². The average molecular weight is 566 g/mol. The zero-order valence-corrected chi connectivity index (χ0v) is 23.4. The minimum absolute atomic E-state index is 0. The number of halogens is 2. The van der Waals surface area contributed by atoms with Gasteiger partial charge in [0, 0.05) is 36.8 Å². The Labute approximate surface area is 230 Å². The molecular weight excluding hydrogens is 531 g/mol. The van der Waals surface area contributed by atoms with Crippen LogP contribution in [0.2, 0.25) is 5.02 Å².